The molecule has 0 aliphatic heterocycles. The van der Waals surface area contributed by atoms with Crippen LogP contribution in [0.2, 0.25) is 0 Å². The molecule has 0 fully saturated rings. The van der Waals surface area contributed by atoms with Crippen molar-refractivity contribution in [1.29, 1.82) is 0 Å². The highest BCUT2D eigenvalue weighted by atomic mass is 16.5. The monoisotopic (exact) mass is 582 g/mol. The number of aliphatic hydroxyl groups is 3. The number of hydrogen-bond donors (Lipinski definition) is 3. The summed E-state index contributed by atoms with van der Waals surface area (Å²) in [5.41, 5.74) is 5.21. The van der Waals surface area contributed by atoms with Gasteiger partial charge in [0.05, 0.1) is 41.2 Å². The number of carbonyl (C=O) groups is 1. The number of ether oxygens (including phenoxy) is 4. The highest BCUT2D eigenvalue weighted by Gasteiger charge is 2.40. The quantitative estimate of drug-likeness (QED) is 0.207. The molecule has 222 valence electrons. The average Bonchev–Trinajstić information content (AvgIpc) is 3.33. The van der Waals surface area contributed by atoms with Crippen molar-refractivity contribution >= 4 is 11.9 Å². The third-order valence-corrected chi connectivity index (χ3v) is 7.69. The van der Waals surface area contributed by atoms with Gasteiger partial charge in [0.25, 0.3) is 0 Å². The van der Waals surface area contributed by atoms with E-state index in [0.29, 0.717) is 68.6 Å². The number of methoxy groups -OCH3 is 3. The number of Topliss-reactive ketones (excluding diaryl/α,β-unsaturated/α-hetero) is 1. The Morgan fingerprint density at radius 1 is 0.767 bits per heavy atom. The topological polar surface area (TPSA) is 115 Å². The zero-order valence-electron chi connectivity index (χ0n) is 24.3. The first-order chi connectivity index (χ1) is 21.0. The van der Waals surface area contributed by atoms with Gasteiger partial charge >= 0.3 is 0 Å². The molecule has 0 saturated heterocycles. The number of rotatable bonds is 11. The molecule has 0 radical (unpaired) electrons. The molecule has 0 bridgehead atoms. The second-order valence-corrected chi connectivity index (χ2v) is 10.1. The summed E-state index contributed by atoms with van der Waals surface area (Å²) >= 11 is 0. The van der Waals surface area contributed by atoms with Crippen molar-refractivity contribution in [1.82, 2.24) is 0 Å². The van der Waals surface area contributed by atoms with E-state index in [4.69, 9.17) is 18.9 Å². The average molecular weight is 583 g/mol. The van der Waals surface area contributed by atoms with Gasteiger partial charge < -0.3 is 34.3 Å². The van der Waals surface area contributed by atoms with Crippen LogP contribution in [0.4, 0.5) is 0 Å². The third-order valence-electron chi connectivity index (χ3n) is 7.69. The van der Waals surface area contributed by atoms with E-state index in [1.807, 2.05) is 60.7 Å². The zero-order chi connectivity index (χ0) is 30.5. The molecule has 5 rings (SSSR count). The van der Waals surface area contributed by atoms with Crippen LogP contribution in [0.25, 0.3) is 6.08 Å². The largest absolute Gasteiger partial charge is 0.496 e. The molecule has 0 aromatic heterocycles. The SMILES string of the molecule is COc1cc(C2C(=Cc3ccc(OCc4ccccc4)cc3)C(=O)c3cc(CO)c(CO)c(OC)c32)cc(CO)c1OC. The maximum atomic E-state index is 14.1. The normalized spacial score (nSPS) is 15.0. The lowest BCUT2D eigenvalue weighted by atomic mass is 9.85. The molecule has 8 nitrogen and oxygen atoms in total. The molecule has 43 heavy (non-hydrogen) atoms. The minimum absolute atomic E-state index is 0.234. The summed E-state index contributed by atoms with van der Waals surface area (Å²) in [5, 5.41) is 30.4. The van der Waals surface area contributed by atoms with Gasteiger partial charge in [0, 0.05) is 33.7 Å². The van der Waals surface area contributed by atoms with E-state index in [1.165, 1.54) is 21.3 Å². The smallest absolute Gasteiger partial charge is 0.190 e. The first kappa shape index (κ1) is 29.8. The number of aliphatic hydroxyl groups excluding tert-OH is 3. The van der Waals surface area contributed by atoms with Crippen LogP contribution in [0, 0.1) is 0 Å². The van der Waals surface area contributed by atoms with Crippen molar-refractivity contribution in [2.24, 2.45) is 0 Å². The van der Waals surface area contributed by atoms with E-state index in [0.717, 1.165) is 11.1 Å². The molecular formula is C35H34O8. The molecule has 4 aromatic carbocycles. The van der Waals surface area contributed by atoms with E-state index < -0.39 is 5.92 Å². The number of ketones is 1. The number of fused-ring (bicyclic) bond motifs is 1. The van der Waals surface area contributed by atoms with Crippen molar-refractivity contribution in [3.63, 3.8) is 0 Å². The Bertz CT molecular complexity index is 1620. The van der Waals surface area contributed by atoms with E-state index in [1.54, 1.807) is 18.2 Å². The highest BCUT2D eigenvalue weighted by molar-refractivity contribution is 6.18. The van der Waals surface area contributed by atoms with Gasteiger partial charge in [0.2, 0.25) is 0 Å². The Labute approximate surface area is 250 Å². The van der Waals surface area contributed by atoms with Crippen LogP contribution in [-0.2, 0) is 26.4 Å². The van der Waals surface area contributed by atoms with E-state index >= 15 is 0 Å². The van der Waals surface area contributed by atoms with Gasteiger partial charge in [-0.2, -0.15) is 0 Å². The fourth-order valence-corrected chi connectivity index (χ4v) is 5.66. The van der Waals surface area contributed by atoms with Gasteiger partial charge in [-0.25, -0.2) is 0 Å². The summed E-state index contributed by atoms with van der Waals surface area (Å²) in [6.07, 6.45) is 1.82. The lowest BCUT2D eigenvalue weighted by Crippen LogP contribution is -2.08. The molecule has 0 heterocycles. The molecule has 4 aromatic rings. The van der Waals surface area contributed by atoms with Crippen molar-refractivity contribution < 1.29 is 39.1 Å². The van der Waals surface area contributed by atoms with Crippen LogP contribution in [-0.4, -0.2) is 42.4 Å². The Hall–Kier alpha value is -4.63. The maximum Gasteiger partial charge on any atom is 0.190 e. The number of carbonyl (C=O) groups excluding carboxylic acids is 1. The molecular weight excluding hydrogens is 548 g/mol. The van der Waals surface area contributed by atoms with Crippen molar-refractivity contribution in [3.05, 3.63) is 123 Å². The predicted molar refractivity (Wildman–Crippen MR) is 162 cm³/mol. The first-order valence-electron chi connectivity index (χ1n) is 13.8. The summed E-state index contributed by atoms with van der Waals surface area (Å²) in [7, 11) is 4.48. The first-order valence-corrected chi connectivity index (χ1v) is 13.8. The van der Waals surface area contributed by atoms with Crippen LogP contribution in [0.15, 0.2) is 78.4 Å². The van der Waals surface area contributed by atoms with Crippen LogP contribution in [0.5, 0.6) is 23.0 Å². The fraction of sp³-hybridized carbons (Fsp3) is 0.229. The van der Waals surface area contributed by atoms with Gasteiger partial charge in [0.15, 0.2) is 17.3 Å². The number of hydrogen-bond acceptors (Lipinski definition) is 8. The number of allylic oxidation sites excluding steroid dienone is 1. The summed E-state index contributed by atoms with van der Waals surface area (Å²) in [4.78, 5) is 14.1. The lowest BCUT2D eigenvalue weighted by molar-refractivity contribution is 0.103. The molecule has 0 saturated carbocycles. The zero-order valence-corrected chi connectivity index (χ0v) is 24.3. The predicted octanol–water partition coefficient (Wildman–Crippen LogP) is 5.18. The van der Waals surface area contributed by atoms with Crippen LogP contribution < -0.4 is 18.9 Å². The molecule has 0 amide bonds. The van der Waals surface area contributed by atoms with Gasteiger partial charge in [-0.15, -0.1) is 0 Å². The molecule has 1 atom stereocenters. The fourth-order valence-electron chi connectivity index (χ4n) is 5.66. The molecule has 1 unspecified atom stereocenters. The maximum absolute atomic E-state index is 14.1. The van der Waals surface area contributed by atoms with Crippen molar-refractivity contribution in [2.45, 2.75) is 32.3 Å². The van der Waals surface area contributed by atoms with Gasteiger partial charge in [-0.1, -0.05) is 42.5 Å². The lowest BCUT2D eigenvalue weighted by Gasteiger charge is -2.22. The summed E-state index contributed by atoms with van der Waals surface area (Å²) in [5.74, 6) is 0.955. The summed E-state index contributed by atoms with van der Waals surface area (Å²) in [6.45, 7) is -0.632. The Balaban J connectivity index is 1.63. The third kappa shape index (κ3) is 5.72. The Morgan fingerprint density at radius 2 is 1.47 bits per heavy atom. The van der Waals surface area contributed by atoms with Gasteiger partial charge in [-0.3, -0.25) is 4.79 Å². The van der Waals surface area contributed by atoms with E-state index in [-0.39, 0.29) is 25.6 Å². The Morgan fingerprint density at radius 3 is 2.07 bits per heavy atom. The second-order valence-electron chi connectivity index (χ2n) is 10.1. The van der Waals surface area contributed by atoms with Crippen LogP contribution >= 0.6 is 0 Å². The summed E-state index contributed by atoms with van der Waals surface area (Å²) in [6, 6.07) is 22.5. The molecule has 8 heteroatoms. The minimum atomic E-state index is -0.630. The van der Waals surface area contributed by atoms with Crippen LogP contribution in [0.1, 0.15) is 55.2 Å². The van der Waals surface area contributed by atoms with Gasteiger partial charge in [-0.05, 0) is 58.7 Å². The van der Waals surface area contributed by atoms with Gasteiger partial charge in [0.1, 0.15) is 18.1 Å². The molecule has 1 aliphatic rings. The minimum Gasteiger partial charge on any atom is -0.496 e. The second kappa shape index (κ2) is 13.1. The van der Waals surface area contributed by atoms with E-state index in [2.05, 4.69) is 0 Å². The Kier molecular flexibility index (Phi) is 9.11. The van der Waals surface area contributed by atoms with Crippen LogP contribution in [0.3, 0.4) is 0 Å². The molecule has 3 N–H and O–H groups in total. The summed E-state index contributed by atoms with van der Waals surface area (Å²) < 4.78 is 22.8. The number of benzene rings is 4. The molecule has 1 aliphatic carbocycles. The van der Waals surface area contributed by atoms with Crippen molar-refractivity contribution in [3.8, 4) is 23.0 Å². The standard InChI is InChI=1S/C35H34O8/c1-40-30-16-23(14-25(18-37)34(30)41-2)31-27(33(39)28-15-24(17-36)29(19-38)35(42-3)32(28)31)13-21-9-11-26(12-10-21)43-20-22-7-5-4-6-8-22/h4-16,31,36-38H,17-20H2,1-3H3. The highest BCUT2D eigenvalue weighted by Crippen LogP contribution is 2.51. The van der Waals surface area contributed by atoms with Crippen molar-refractivity contribution in [2.75, 3.05) is 21.3 Å². The molecule has 0 spiro atoms. The van der Waals surface area contributed by atoms with E-state index in [9.17, 15) is 20.1 Å².